The Morgan fingerprint density at radius 3 is 2.37 bits per heavy atom. The first-order valence-corrected chi connectivity index (χ1v) is 11.6. The number of halogens is 3. The van der Waals surface area contributed by atoms with Crippen LogP contribution in [0.15, 0.2) is 43.7 Å². The summed E-state index contributed by atoms with van der Waals surface area (Å²) in [7, 11) is 0. The number of carbonyl (C=O) groups is 2. The van der Waals surface area contributed by atoms with Crippen LogP contribution in [0.25, 0.3) is 0 Å². The van der Waals surface area contributed by atoms with Crippen molar-refractivity contribution >= 4 is 59.6 Å². The number of aryl methyl sites for hydroxylation is 1. The quantitative estimate of drug-likeness (QED) is 0.387. The van der Waals surface area contributed by atoms with E-state index in [-0.39, 0.29) is 6.61 Å². The van der Waals surface area contributed by atoms with Crippen LogP contribution in [0.3, 0.4) is 0 Å². The van der Waals surface area contributed by atoms with Gasteiger partial charge in [0.1, 0.15) is 11.5 Å². The highest BCUT2D eigenvalue weighted by molar-refractivity contribution is 9.11. The summed E-state index contributed by atoms with van der Waals surface area (Å²) in [5.41, 5.74) is 5.98. The first-order valence-electron chi connectivity index (χ1n) is 9.27. The molecule has 2 amide bonds. The third kappa shape index (κ3) is 7.59. The van der Waals surface area contributed by atoms with Crippen LogP contribution in [0.2, 0.25) is 0 Å². The van der Waals surface area contributed by atoms with E-state index in [1.54, 1.807) is 18.2 Å². The van der Waals surface area contributed by atoms with Gasteiger partial charge in [0, 0.05) is 10.0 Å². The maximum Gasteiger partial charge on any atom is 0.276 e. The summed E-state index contributed by atoms with van der Waals surface area (Å²) in [6, 6.07) is 8.71. The van der Waals surface area contributed by atoms with Crippen molar-refractivity contribution in [3.8, 4) is 11.5 Å². The van der Waals surface area contributed by atoms with Crippen LogP contribution in [-0.4, -0.2) is 25.0 Å². The molecule has 0 saturated heterocycles. The average Bonchev–Trinajstić information content (AvgIpc) is 2.66. The largest absolute Gasteiger partial charge is 0.492 e. The van der Waals surface area contributed by atoms with Gasteiger partial charge in [-0.3, -0.25) is 20.4 Å². The fourth-order valence-corrected chi connectivity index (χ4v) is 4.45. The Morgan fingerprint density at radius 2 is 1.73 bits per heavy atom. The molecule has 2 aromatic carbocycles. The molecule has 0 radical (unpaired) electrons. The smallest absolute Gasteiger partial charge is 0.276 e. The predicted octanol–water partition coefficient (Wildman–Crippen LogP) is 5.55. The van der Waals surface area contributed by atoms with Crippen molar-refractivity contribution in [3.05, 3.63) is 54.9 Å². The van der Waals surface area contributed by atoms with Gasteiger partial charge in [0.25, 0.3) is 11.8 Å². The van der Waals surface area contributed by atoms with Crippen molar-refractivity contribution in [1.29, 1.82) is 0 Å². The van der Waals surface area contributed by atoms with E-state index in [2.05, 4.69) is 72.5 Å². The van der Waals surface area contributed by atoms with Gasteiger partial charge in [-0.05, 0) is 87.0 Å². The van der Waals surface area contributed by atoms with Crippen LogP contribution < -0.4 is 20.3 Å². The zero-order chi connectivity index (χ0) is 22.3. The van der Waals surface area contributed by atoms with E-state index < -0.39 is 11.8 Å². The molecule has 0 aliphatic heterocycles. The number of nitrogens with one attached hydrogen (secondary N) is 2. The first kappa shape index (κ1) is 24.7. The van der Waals surface area contributed by atoms with E-state index in [1.807, 2.05) is 19.1 Å². The second-order valence-corrected chi connectivity index (χ2v) is 9.63. The molecule has 0 fully saturated rings. The number of ether oxygens (including phenoxy) is 2. The van der Waals surface area contributed by atoms with Crippen LogP contribution in [0, 0.1) is 12.8 Å². The summed E-state index contributed by atoms with van der Waals surface area (Å²) in [6.07, 6.45) is 0.944. The number of benzene rings is 2. The Kier molecular flexibility index (Phi) is 9.64. The molecule has 0 saturated carbocycles. The molecule has 0 heterocycles. The molecule has 0 atom stereocenters. The second-order valence-electron chi connectivity index (χ2n) is 7.00. The van der Waals surface area contributed by atoms with E-state index in [9.17, 15) is 9.59 Å². The minimum atomic E-state index is -0.481. The molecule has 30 heavy (non-hydrogen) atoms. The van der Waals surface area contributed by atoms with Gasteiger partial charge in [0.15, 0.2) is 6.61 Å². The van der Waals surface area contributed by atoms with Gasteiger partial charge in [0.05, 0.1) is 15.6 Å². The molecule has 0 aliphatic rings. The monoisotopic (exact) mass is 604 g/mol. The molecular formula is C21H23Br3N2O4. The van der Waals surface area contributed by atoms with E-state index in [4.69, 9.17) is 9.47 Å². The van der Waals surface area contributed by atoms with Crippen molar-refractivity contribution in [2.75, 3.05) is 13.2 Å². The molecule has 9 heteroatoms. The Bertz CT molecular complexity index is 896. The lowest BCUT2D eigenvalue weighted by Crippen LogP contribution is -2.43. The summed E-state index contributed by atoms with van der Waals surface area (Å²) in [5.74, 6) is 0.857. The number of rotatable bonds is 8. The van der Waals surface area contributed by atoms with Crippen molar-refractivity contribution < 1.29 is 19.1 Å². The SMILES string of the molecule is Cc1cc(Br)cc(Br)c1OCC(=O)NNC(=O)c1ccc(OCCC(C)C)c(Br)c1. The number of hydrogen-bond acceptors (Lipinski definition) is 4. The summed E-state index contributed by atoms with van der Waals surface area (Å²) < 4.78 is 13.6. The van der Waals surface area contributed by atoms with Gasteiger partial charge in [-0.2, -0.15) is 0 Å². The third-order valence-corrected chi connectivity index (χ3v) is 5.67. The van der Waals surface area contributed by atoms with Crippen LogP contribution in [0.1, 0.15) is 36.2 Å². The maximum atomic E-state index is 12.3. The fraction of sp³-hybridized carbons (Fsp3) is 0.333. The van der Waals surface area contributed by atoms with E-state index in [0.717, 1.165) is 20.9 Å². The van der Waals surface area contributed by atoms with E-state index >= 15 is 0 Å². The molecule has 0 unspecified atom stereocenters. The Labute approximate surface area is 201 Å². The highest BCUT2D eigenvalue weighted by atomic mass is 79.9. The number of amides is 2. The number of hydrogen-bond donors (Lipinski definition) is 2. The molecule has 6 nitrogen and oxygen atoms in total. The molecule has 0 aliphatic carbocycles. The summed E-state index contributed by atoms with van der Waals surface area (Å²) in [6.45, 7) is 6.49. The molecule has 0 aromatic heterocycles. The standard InChI is InChI=1S/C21H23Br3N2O4/c1-12(2)6-7-29-18-5-4-14(9-16(18)23)21(28)26-25-19(27)11-30-20-13(3)8-15(22)10-17(20)24/h4-5,8-10,12H,6-7,11H2,1-3H3,(H,25,27)(H,26,28). The minimum absolute atomic E-state index is 0.242. The lowest BCUT2D eigenvalue weighted by Gasteiger charge is -2.13. The topological polar surface area (TPSA) is 76.7 Å². The van der Waals surface area contributed by atoms with E-state index in [0.29, 0.717) is 34.1 Å². The fourth-order valence-electron chi connectivity index (χ4n) is 2.41. The molecule has 162 valence electrons. The maximum absolute atomic E-state index is 12.3. The van der Waals surface area contributed by atoms with Gasteiger partial charge < -0.3 is 9.47 Å². The first-order chi connectivity index (χ1) is 14.2. The van der Waals surface area contributed by atoms with Gasteiger partial charge in [-0.1, -0.05) is 29.8 Å². The molecular weight excluding hydrogens is 584 g/mol. The van der Waals surface area contributed by atoms with Gasteiger partial charge in [0.2, 0.25) is 0 Å². The summed E-state index contributed by atoms with van der Waals surface area (Å²) in [4.78, 5) is 24.3. The van der Waals surface area contributed by atoms with Crippen molar-refractivity contribution in [1.82, 2.24) is 10.9 Å². The highest BCUT2D eigenvalue weighted by Crippen LogP contribution is 2.32. The van der Waals surface area contributed by atoms with Crippen LogP contribution >= 0.6 is 47.8 Å². The minimum Gasteiger partial charge on any atom is -0.492 e. The zero-order valence-corrected chi connectivity index (χ0v) is 21.6. The Hall–Kier alpha value is -1.58. The Balaban J connectivity index is 1.85. The summed E-state index contributed by atoms with van der Waals surface area (Å²) in [5, 5.41) is 0. The summed E-state index contributed by atoms with van der Waals surface area (Å²) >= 11 is 10.2. The normalized spacial score (nSPS) is 10.6. The zero-order valence-electron chi connectivity index (χ0n) is 16.9. The van der Waals surface area contributed by atoms with Crippen LogP contribution in [-0.2, 0) is 4.79 Å². The van der Waals surface area contributed by atoms with Crippen LogP contribution in [0.4, 0.5) is 0 Å². The van der Waals surface area contributed by atoms with Crippen molar-refractivity contribution in [2.45, 2.75) is 27.2 Å². The molecule has 0 spiro atoms. The second kappa shape index (κ2) is 11.7. The molecule has 2 aromatic rings. The van der Waals surface area contributed by atoms with Crippen LogP contribution in [0.5, 0.6) is 11.5 Å². The van der Waals surface area contributed by atoms with Gasteiger partial charge in [-0.15, -0.1) is 0 Å². The lowest BCUT2D eigenvalue weighted by molar-refractivity contribution is -0.123. The van der Waals surface area contributed by atoms with Crippen molar-refractivity contribution in [2.24, 2.45) is 5.92 Å². The predicted molar refractivity (Wildman–Crippen MR) is 127 cm³/mol. The average molecular weight is 607 g/mol. The molecule has 2 N–H and O–H groups in total. The molecule has 2 rings (SSSR count). The van der Waals surface area contributed by atoms with Gasteiger partial charge in [-0.25, -0.2) is 0 Å². The number of carbonyl (C=O) groups excluding carboxylic acids is 2. The Morgan fingerprint density at radius 1 is 1.00 bits per heavy atom. The van der Waals surface area contributed by atoms with Crippen molar-refractivity contribution in [3.63, 3.8) is 0 Å². The molecule has 0 bridgehead atoms. The lowest BCUT2D eigenvalue weighted by atomic mass is 10.1. The third-order valence-electron chi connectivity index (χ3n) is 4.00. The highest BCUT2D eigenvalue weighted by Gasteiger charge is 2.13. The number of hydrazine groups is 1. The van der Waals surface area contributed by atoms with E-state index in [1.165, 1.54) is 0 Å². The van der Waals surface area contributed by atoms with Gasteiger partial charge >= 0.3 is 0 Å².